The van der Waals surface area contributed by atoms with Crippen molar-refractivity contribution in [1.82, 2.24) is 14.7 Å². The zero-order valence-electron chi connectivity index (χ0n) is 18.5. The van der Waals surface area contributed by atoms with Crippen LogP contribution in [0.15, 0.2) is 30.0 Å². The van der Waals surface area contributed by atoms with Gasteiger partial charge in [0.1, 0.15) is 5.70 Å². The van der Waals surface area contributed by atoms with Gasteiger partial charge >= 0.3 is 0 Å². The molecule has 31 heavy (non-hydrogen) atoms. The van der Waals surface area contributed by atoms with Crippen LogP contribution >= 0.6 is 11.6 Å². The van der Waals surface area contributed by atoms with E-state index in [1.54, 1.807) is 12.1 Å². The van der Waals surface area contributed by atoms with Crippen molar-refractivity contribution in [2.24, 2.45) is 11.8 Å². The molecule has 1 aromatic rings. The minimum atomic E-state index is -0.185. The first-order chi connectivity index (χ1) is 14.9. The topological polar surface area (TPSA) is 53.1 Å². The maximum Gasteiger partial charge on any atom is 0.277 e. The lowest BCUT2D eigenvalue weighted by Gasteiger charge is -2.37. The highest BCUT2D eigenvalue weighted by molar-refractivity contribution is 6.36. The second-order valence-corrected chi connectivity index (χ2v) is 9.59. The lowest BCUT2D eigenvalue weighted by atomic mass is 9.91. The molecule has 2 saturated heterocycles. The molecule has 2 unspecified atom stereocenters. The summed E-state index contributed by atoms with van der Waals surface area (Å²) in [5.74, 6) is 0.635. The molecule has 2 fully saturated rings. The van der Waals surface area contributed by atoms with Gasteiger partial charge in [-0.2, -0.15) is 0 Å². The average molecular weight is 446 g/mol. The highest BCUT2D eigenvalue weighted by Gasteiger charge is 2.42. The molecule has 6 nitrogen and oxygen atoms in total. The van der Waals surface area contributed by atoms with Crippen LogP contribution in [0.3, 0.4) is 0 Å². The molecule has 0 aliphatic carbocycles. The summed E-state index contributed by atoms with van der Waals surface area (Å²) < 4.78 is 5.40. The molecule has 0 radical (unpaired) electrons. The van der Waals surface area contributed by atoms with Gasteiger partial charge in [0.05, 0.1) is 18.8 Å². The molecule has 3 aliphatic heterocycles. The fourth-order valence-corrected chi connectivity index (χ4v) is 5.19. The lowest BCUT2D eigenvalue weighted by molar-refractivity contribution is -0.137. The summed E-state index contributed by atoms with van der Waals surface area (Å²) in [6.07, 6.45) is 1.91. The zero-order valence-corrected chi connectivity index (χ0v) is 19.2. The van der Waals surface area contributed by atoms with Crippen LogP contribution in [0.5, 0.6) is 0 Å². The Morgan fingerprint density at radius 2 is 1.61 bits per heavy atom. The minimum Gasteiger partial charge on any atom is -0.379 e. The molecule has 7 heteroatoms. The first kappa shape index (κ1) is 22.3. The molecule has 3 aliphatic rings. The number of carbonyl (C=O) groups is 2. The molecule has 2 amide bonds. The number of nitrogens with zero attached hydrogens (tertiary/aromatic N) is 3. The number of hydrogen-bond donors (Lipinski definition) is 0. The maximum absolute atomic E-state index is 13.5. The number of halogens is 1. The van der Waals surface area contributed by atoms with E-state index < -0.39 is 0 Å². The Hall–Kier alpha value is -1.89. The summed E-state index contributed by atoms with van der Waals surface area (Å²) in [6, 6.07) is 7.25. The van der Waals surface area contributed by atoms with Crippen LogP contribution in [0, 0.1) is 11.8 Å². The van der Waals surface area contributed by atoms with E-state index in [0.29, 0.717) is 34.7 Å². The number of carbonyl (C=O) groups excluding carboxylic acids is 2. The standard InChI is InChI=1S/C24H32ClN3O3/c1-17-14-18(2)16-27(15-17)22-21(19-4-6-20(25)7-5-19)23(29)28(24(22)30)9-3-8-26-10-12-31-13-11-26/h4-7,17-18H,3,8-16H2,1-2H3. The van der Waals surface area contributed by atoms with E-state index >= 15 is 0 Å². The predicted molar refractivity (Wildman–Crippen MR) is 121 cm³/mol. The molecule has 4 rings (SSSR count). The van der Waals surface area contributed by atoms with Crippen LogP contribution in [0.25, 0.3) is 5.57 Å². The van der Waals surface area contributed by atoms with Crippen LogP contribution in [0.2, 0.25) is 5.02 Å². The maximum atomic E-state index is 13.5. The van der Waals surface area contributed by atoms with E-state index in [-0.39, 0.29) is 11.8 Å². The van der Waals surface area contributed by atoms with Crippen LogP contribution in [-0.2, 0) is 14.3 Å². The molecule has 2 atom stereocenters. The molecule has 168 valence electrons. The molecule has 0 bridgehead atoms. The van der Waals surface area contributed by atoms with Gasteiger partial charge in [-0.1, -0.05) is 37.6 Å². The van der Waals surface area contributed by atoms with Crippen molar-refractivity contribution < 1.29 is 14.3 Å². The van der Waals surface area contributed by atoms with Gasteiger partial charge in [0, 0.05) is 44.3 Å². The van der Waals surface area contributed by atoms with Crippen LogP contribution < -0.4 is 0 Å². The van der Waals surface area contributed by atoms with E-state index in [1.165, 1.54) is 4.90 Å². The third kappa shape index (κ3) is 4.97. The Balaban J connectivity index is 1.56. The van der Waals surface area contributed by atoms with Gasteiger partial charge in [0.2, 0.25) is 0 Å². The number of amides is 2. The molecule has 0 spiro atoms. The van der Waals surface area contributed by atoms with Gasteiger partial charge in [0.25, 0.3) is 11.8 Å². The number of piperidine rings is 1. The number of likely N-dealkylation sites (tertiary alicyclic amines) is 1. The summed E-state index contributed by atoms with van der Waals surface area (Å²) in [6.45, 7) is 10.7. The number of benzene rings is 1. The zero-order chi connectivity index (χ0) is 22.0. The summed E-state index contributed by atoms with van der Waals surface area (Å²) in [7, 11) is 0. The fraction of sp³-hybridized carbons (Fsp3) is 0.583. The number of hydrogen-bond acceptors (Lipinski definition) is 5. The SMILES string of the molecule is CC1CC(C)CN(C2=C(c3ccc(Cl)cc3)C(=O)N(CCCN3CCOCC3)C2=O)C1. The van der Waals surface area contributed by atoms with Crippen LogP contribution in [0.4, 0.5) is 0 Å². The smallest absolute Gasteiger partial charge is 0.277 e. The average Bonchev–Trinajstić information content (AvgIpc) is 2.99. The Morgan fingerprint density at radius 3 is 2.26 bits per heavy atom. The highest BCUT2D eigenvalue weighted by Crippen LogP contribution is 2.35. The Kier molecular flexibility index (Phi) is 6.99. The van der Waals surface area contributed by atoms with E-state index in [1.807, 2.05) is 12.1 Å². The molecular weight excluding hydrogens is 414 g/mol. The highest BCUT2D eigenvalue weighted by atomic mass is 35.5. The van der Waals surface area contributed by atoms with Gasteiger partial charge in [0.15, 0.2) is 0 Å². The first-order valence-corrected chi connectivity index (χ1v) is 11.7. The van der Waals surface area contributed by atoms with Crippen molar-refractivity contribution in [3.8, 4) is 0 Å². The first-order valence-electron chi connectivity index (χ1n) is 11.4. The number of rotatable bonds is 6. The Bertz CT molecular complexity index is 838. The number of imide groups is 1. The van der Waals surface area contributed by atoms with Crippen molar-refractivity contribution in [2.45, 2.75) is 26.7 Å². The van der Waals surface area contributed by atoms with Crippen molar-refractivity contribution >= 4 is 29.0 Å². The van der Waals surface area contributed by atoms with Gasteiger partial charge in [-0.3, -0.25) is 19.4 Å². The van der Waals surface area contributed by atoms with Crippen LogP contribution in [-0.4, -0.2) is 79.0 Å². The third-order valence-corrected chi connectivity index (χ3v) is 6.67. The molecule has 3 heterocycles. The van der Waals surface area contributed by atoms with E-state index in [4.69, 9.17) is 16.3 Å². The van der Waals surface area contributed by atoms with E-state index in [9.17, 15) is 9.59 Å². The van der Waals surface area contributed by atoms with Gasteiger partial charge in [-0.05, 0) is 42.4 Å². The van der Waals surface area contributed by atoms with Crippen molar-refractivity contribution in [2.75, 3.05) is 52.5 Å². The molecule has 0 aromatic heterocycles. The fourth-order valence-electron chi connectivity index (χ4n) is 5.06. The Labute approximate surface area is 189 Å². The monoisotopic (exact) mass is 445 g/mol. The van der Waals surface area contributed by atoms with Gasteiger partial charge < -0.3 is 9.64 Å². The second-order valence-electron chi connectivity index (χ2n) is 9.15. The third-order valence-electron chi connectivity index (χ3n) is 6.42. The summed E-state index contributed by atoms with van der Waals surface area (Å²) >= 11 is 6.08. The Morgan fingerprint density at radius 1 is 0.968 bits per heavy atom. The summed E-state index contributed by atoms with van der Waals surface area (Å²) in [4.78, 5) is 32.9. The number of ether oxygens (including phenoxy) is 1. The second kappa shape index (κ2) is 9.72. The van der Waals surface area contributed by atoms with Crippen molar-refractivity contribution in [3.63, 3.8) is 0 Å². The summed E-state index contributed by atoms with van der Waals surface area (Å²) in [5.41, 5.74) is 1.85. The molecule has 1 aromatic carbocycles. The van der Waals surface area contributed by atoms with Gasteiger partial charge in [-0.15, -0.1) is 0 Å². The van der Waals surface area contributed by atoms with E-state index in [2.05, 4.69) is 23.6 Å². The van der Waals surface area contributed by atoms with Gasteiger partial charge in [-0.25, -0.2) is 0 Å². The molecule has 0 saturated carbocycles. The normalized spacial score (nSPS) is 25.6. The quantitative estimate of drug-likeness (QED) is 0.630. The lowest BCUT2D eigenvalue weighted by Crippen LogP contribution is -2.42. The predicted octanol–water partition coefficient (Wildman–Crippen LogP) is 3.12. The summed E-state index contributed by atoms with van der Waals surface area (Å²) in [5, 5.41) is 0.616. The van der Waals surface area contributed by atoms with E-state index in [0.717, 1.165) is 64.3 Å². The van der Waals surface area contributed by atoms with Crippen molar-refractivity contribution in [1.29, 1.82) is 0 Å². The van der Waals surface area contributed by atoms with Crippen LogP contribution in [0.1, 0.15) is 32.3 Å². The number of morpholine rings is 1. The largest absolute Gasteiger partial charge is 0.379 e. The molecule has 0 N–H and O–H groups in total. The van der Waals surface area contributed by atoms with Crippen molar-refractivity contribution in [3.05, 3.63) is 40.5 Å². The molecular formula is C24H32ClN3O3. The minimum absolute atomic E-state index is 0.154.